The van der Waals surface area contributed by atoms with Crippen molar-refractivity contribution in [2.45, 2.75) is 19.8 Å². The Labute approximate surface area is 110 Å². The van der Waals surface area contributed by atoms with E-state index in [1.54, 1.807) is 6.20 Å². The van der Waals surface area contributed by atoms with Gasteiger partial charge in [-0.3, -0.25) is 4.79 Å². The molecule has 0 radical (unpaired) electrons. The van der Waals surface area contributed by atoms with Crippen molar-refractivity contribution in [3.8, 4) is 0 Å². The van der Waals surface area contributed by atoms with Gasteiger partial charge in [0.05, 0.1) is 16.2 Å². The molecule has 1 aromatic heterocycles. The van der Waals surface area contributed by atoms with Crippen molar-refractivity contribution in [3.05, 3.63) is 16.1 Å². The number of hydrogen-bond acceptors (Lipinski definition) is 4. The molecule has 1 aliphatic rings. The van der Waals surface area contributed by atoms with E-state index in [1.807, 2.05) is 11.8 Å². The van der Waals surface area contributed by atoms with Crippen LogP contribution >= 0.6 is 23.6 Å². The minimum absolute atomic E-state index is 0.0524. The fraction of sp³-hybridized carbons (Fsp3) is 0.545. The van der Waals surface area contributed by atoms with Gasteiger partial charge in [-0.15, -0.1) is 11.3 Å². The number of aromatic nitrogens is 1. The summed E-state index contributed by atoms with van der Waals surface area (Å²) >= 11 is 6.44. The van der Waals surface area contributed by atoms with Crippen LogP contribution in [0.15, 0.2) is 6.20 Å². The molecule has 0 spiro atoms. The first-order valence-corrected chi connectivity index (χ1v) is 6.81. The van der Waals surface area contributed by atoms with Crippen LogP contribution in [0.4, 0.5) is 0 Å². The minimum Gasteiger partial charge on any atom is -0.393 e. The summed E-state index contributed by atoms with van der Waals surface area (Å²) in [4.78, 5) is 19.4. The fourth-order valence-corrected chi connectivity index (χ4v) is 2.95. The third kappa shape index (κ3) is 2.81. The Hall–Kier alpha value is -1.01. The third-order valence-corrected chi connectivity index (χ3v) is 4.18. The van der Waals surface area contributed by atoms with Gasteiger partial charge >= 0.3 is 0 Å². The highest BCUT2D eigenvalue weighted by molar-refractivity contribution is 7.80. The monoisotopic (exact) mass is 269 g/mol. The second kappa shape index (κ2) is 5.10. The number of rotatable bonds is 2. The molecule has 2 heterocycles. The van der Waals surface area contributed by atoms with E-state index in [4.69, 9.17) is 18.0 Å². The molecular formula is C11H15N3OS2. The van der Waals surface area contributed by atoms with Crippen LogP contribution in [0.3, 0.4) is 0 Å². The summed E-state index contributed by atoms with van der Waals surface area (Å²) in [6, 6.07) is 0. The topological polar surface area (TPSA) is 59.2 Å². The standard InChI is InChI=1S/C11H15N3OS2/c1-7-13-5-9(17-7)11(15)14-4-2-3-8(6-14)10(12)16/h5,8H,2-4,6H2,1H3,(H2,12,16). The number of nitrogens with two attached hydrogens (primary N) is 1. The highest BCUT2D eigenvalue weighted by Crippen LogP contribution is 2.21. The summed E-state index contributed by atoms with van der Waals surface area (Å²) in [6.07, 6.45) is 3.60. The predicted molar refractivity (Wildman–Crippen MR) is 72.3 cm³/mol. The van der Waals surface area contributed by atoms with E-state index in [0.29, 0.717) is 16.4 Å². The molecule has 92 valence electrons. The summed E-state index contributed by atoms with van der Waals surface area (Å²) in [7, 11) is 0. The molecule has 2 N–H and O–H groups in total. The lowest BCUT2D eigenvalue weighted by molar-refractivity contribution is 0.0708. The van der Waals surface area contributed by atoms with Crippen LogP contribution in [-0.4, -0.2) is 33.9 Å². The molecule has 0 bridgehead atoms. The van der Waals surface area contributed by atoms with Crippen LogP contribution in [-0.2, 0) is 0 Å². The normalized spacial score (nSPS) is 20.3. The van der Waals surface area contributed by atoms with E-state index in [-0.39, 0.29) is 11.8 Å². The van der Waals surface area contributed by atoms with Gasteiger partial charge in [-0.05, 0) is 19.8 Å². The number of amides is 1. The molecule has 1 fully saturated rings. The van der Waals surface area contributed by atoms with Gasteiger partial charge in [0.1, 0.15) is 4.88 Å². The molecule has 0 saturated carbocycles. The molecule has 0 aliphatic carbocycles. The largest absolute Gasteiger partial charge is 0.393 e. The first-order valence-electron chi connectivity index (χ1n) is 5.59. The fourth-order valence-electron chi connectivity index (χ4n) is 2.01. The van der Waals surface area contributed by atoms with Crippen LogP contribution in [0.25, 0.3) is 0 Å². The Balaban J connectivity index is 2.07. The Morgan fingerprint density at radius 3 is 3.06 bits per heavy atom. The number of thiazole rings is 1. The molecule has 1 aliphatic heterocycles. The molecule has 2 rings (SSSR count). The molecule has 1 amide bonds. The lowest BCUT2D eigenvalue weighted by atomic mass is 9.98. The number of carbonyl (C=O) groups excluding carboxylic acids is 1. The van der Waals surface area contributed by atoms with Gasteiger partial charge in [0.25, 0.3) is 5.91 Å². The first kappa shape index (κ1) is 12.4. The molecule has 1 unspecified atom stereocenters. The number of aryl methyl sites for hydroxylation is 1. The maximum absolute atomic E-state index is 12.2. The summed E-state index contributed by atoms with van der Waals surface area (Å²) in [5.74, 6) is 0.216. The van der Waals surface area contributed by atoms with Gasteiger partial charge in [0, 0.05) is 19.0 Å². The SMILES string of the molecule is Cc1ncc(C(=O)N2CCCC(C(N)=S)C2)s1. The number of thiocarbonyl (C=S) groups is 1. The Morgan fingerprint density at radius 1 is 1.71 bits per heavy atom. The maximum atomic E-state index is 12.2. The first-order chi connectivity index (χ1) is 8.08. The smallest absolute Gasteiger partial charge is 0.265 e. The zero-order valence-corrected chi connectivity index (χ0v) is 11.3. The molecule has 1 aromatic rings. The zero-order chi connectivity index (χ0) is 12.4. The quantitative estimate of drug-likeness (QED) is 0.828. The van der Waals surface area contributed by atoms with E-state index < -0.39 is 0 Å². The average molecular weight is 269 g/mol. The van der Waals surface area contributed by atoms with Gasteiger partial charge in [-0.1, -0.05) is 12.2 Å². The van der Waals surface area contributed by atoms with Crippen LogP contribution in [0.1, 0.15) is 27.5 Å². The van der Waals surface area contributed by atoms with E-state index in [1.165, 1.54) is 11.3 Å². The van der Waals surface area contributed by atoms with Gasteiger partial charge in [-0.2, -0.15) is 0 Å². The van der Waals surface area contributed by atoms with Gasteiger partial charge < -0.3 is 10.6 Å². The number of carbonyl (C=O) groups is 1. The summed E-state index contributed by atoms with van der Waals surface area (Å²) in [5.41, 5.74) is 5.66. The molecule has 1 atom stereocenters. The molecule has 4 nitrogen and oxygen atoms in total. The lowest BCUT2D eigenvalue weighted by Gasteiger charge is -2.31. The van der Waals surface area contributed by atoms with Crippen molar-refractivity contribution in [1.82, 2.24) is 9.88 Å². The molecule has 6 heteroatoms. The van der Waals surface area contributed by atoms with Crippen molar-refractivity contribution < 1.29 is 4.79 Å². The van der Waals surface area contributed by atoms with Crippen molar-refractivity contribution in [2.24, 2.45) is 11.7 Å². The van der Waals surface area contributed by atoms with Crippen molar-refractivity contribution >= 4 is 34.5 Å². The molecule has 1 saturated heterocycles. The number of likely N-dealkylation sites (tertiary alicyclic amines) is 1. The van der Waals surface area contributed by atoms with Crippen molar-refractivity contribution in [2.75, 3.05) is 13.1 Å². The van der Waals surface area contributed by atoms with Crippen molar-refractivity contribution in [1.29, 1.82) is 0 Å². The van der Waals surface area contributed by atoms with Crippen LogP contribution < -0.4 is 5.73 Å². The van der Waals surface area contributed by atoms with E-state index in [2.05, 4.69) is 4.98 Å². The van der Waals surface area contributed by atoms with Gasteiger partial charge in [0.2, 0.25) is 0 Å². The zero-order valence-electron chi connectivity index (χ0n) is 9.68. The Morgan fingerprint density at radius 2 is 2.47 bits per heavy atom. The summed E-state index contributed by atoms with van der Waals surface area (Å²) in [5, 5.41) is 0.913. The van der Waals surface area contributed by atoms with Gasteiger partial charge in [0.15, 0.2) is 0 Å². The van der Waals surface area contributed by atoms with Crippen LogP contribution in [0.5, 0.6) is 0 Å². The second-order valence-corrected chi connectivity index (χ2v) is 5.94. The highest BCUT2D eigenvalue weighted by atomic mass is 32.1. The maximum Gasteiger partial charge on any atom is 0.265 e. The number of piperidine rings is 1. The third-order valence-electron chi connectivity index (χ3n) is 2.94. The summed E-state index contributed by atoms with van der Waals surface area (Å²) < 4.78 is 0. The lowest BCUT2D eigenvalue weighted by Crippen LogP contribution is -2.43. The van der Waals surface area contributed by atoms with Crippen LogP contribution in [0, 0.1) is 12.8 Å². The average Bonchev–Trinajstić information content (AvgIpc) is 2.75. The second-order valence-electron chi connectivity index (χ2n) is 4.24. The van der Waals surface area contributed by atoms with E-state index in [9.17, 15) is 4.79 Å². The molecular weight excluding hydrogens is 254 g/mol. The summed E-state index contributed by atoms with van der Waals surface area (Å²) in [6.45, 7) is 3.33. The molecule has 0 aromatic carbocycles. The number of hydrogen-bond donors (Lipinski definition) is 1. The van der Waals surface area contributed by atoms with Crippen molar-refractivity contribution in [3.63, 3.8) is 0 Å². The van der Waals surface area contributed by atoms with E-state index >= 15 is 0 Å². The van der Waals surface area contributed by atoms with Crippen LogP contribution in [0.2, 0.25) is 0 Å². The predicted octanol–water partition coefficient (Wildman–Crippen LogP) is 1.59. The number of nitrogens with zero attached hydrogens (tertiary/aromatic N) is 2. The Kier molecular flexibility index (Phi) is 3.73. The van der Waals surface area contributed by atoms with Gasteiger partial charge in [-0.25, -0.2) is 4.98 Å². The highest BCUT2D eigenvalue weighted by Gasteiger charge is 2.26. The Bertz CT molecular complexity index is 444. The minimum atomic E-state index is 0.0524. The molecule has 17 heavy (non-hydrogen) atoms. The van der Waals surface area contributed by atoms with E-state index in [0.717, 1.165) is 24.4 Å².